The summed E-state index contributed by atoms with van der Waals surface area (Å²) in [7, 11) is 0. The Kier molecular flexibility index (Phi) is 3.65. The lowest BCUT2D eigenvalue weighted by atomic mass is 9.86. The maximum absolute atomic E-state index is 5.91. The van der Waals surface area contributed by atoms with Gasteiger partial charge in [0.15, 0.2) is 0 Å². The van der Waals surface area contributed by atoms with Crippen LogP contribution in [0, 0.1) is 11.3 Å². The summed E-state index contributed by atoms with van der Waals surface area (Å²) in [5.41, 5.74) is 6.17. The van der Waals surface area contributed by atoms with E-state index in [0.717, 1.165) is 45.2 Å². The van der Waals surface area contributed by atoms with Crippen molar-refractivity contribution in [3.05, 3.63) is 0 Å². The van der Waals surface area contributed by atoms with Gasteiger partial charge < -0.3 is 15.4 Å². The molecule has 3 heteroatoms. The first-order chi connectivity index (χ1) is 7.28. The van der Waals surface area contributed by atoms with Crippen LogP contribution in [0.1, 0.15) is 26.2 Å². The maximum atomic E-state index is 5.91. The second-order valence-corrected chi connectivity index (χ2v) is 5.28. The van der Waals surface area contributed by atoms with Gasteiger partial charge in [0.2, 0.25) is 0 Å². The molecule has 1 saturated carbocycles. The third-order valence-electron chi connectivity index (χ3n) is 3.84. The number of hydrogen-bond acceptors (Lipinski definition) is 3. The van der Waals surface area contributed by atoms with E-state index in [-0.39, 0.29) is 5.41 Å². The minimum absolute atomic E-state index is 0.255. The molecule has 1 atom stereocenters. The van der Waals surface area contributed by atoms with Crippen LogP contribution < -0.4 is 5.73 Å². The van der Waals surface area contributed by atoms with Crippen LogP contribution in [0.5, 0.6) is 0 Å². The van der Waals surface area contributed by atoms with E-state index in [1.54, 1.807) is 0 Å². The zero-order chi connectivity index (χ0) is 10.7. The molecule has 1 heterocycles. The summed E-state index contributed by atoms with van der Waals surface area (Å²) in [6.07, 6.45) is 4.01. The fraction of sp³-hybridized carbons (Fsp3) is 1.00. The quantitative estimate of drug-likeness (QED) is 0.716. The highest BCUT2D eigenvalue weighted by Gasteiger charge is 2.36. The highest BCUT2D eigenvalue weighted by Crippen LogP contribution is 2.33. The fourth-order valence-corrected chi connectivity index (χ4v) is 2.45. The zero-order valence-corrected chi connectivity index (χ0v) is 9.87. The number of nitrogens with zero attached hydrogens (tertiary/aromatic N) is 1. The molecule has 0 radical (unpaired) electrons. The molecule has 2 rings (SSSR count). The smallest absolute Gasteiger partial charge is 0.0547 e. The molecule has 0 aromatic carbocycles. The van der Waals surface area contributed by atoms with E-state index in [1.165, 1.54) is 19.4 Å². The Morgan fingerprint density at radius 1 is 1.47 bits per heavy atom. The van der Waals surface area contributed by atoms with Gasteiger partial charge in [0.25, 0.3) is 0 Å². The third-order valence-corrected chi connectivity index (χ3v) is 3.84. The lowest BCUT2D eigenvalue weighted by molar-refractivity contribution is 0.115. The molecule has 15 heavy (non-hydrogen) atoms. The topological polar surface area (TPSA) is 38.5 Å². The SMILES string of the molecule is CCN(CC1CC1)CC1(CN)CCOC1. The first-order valence-corrected chi connectivity index (χ1v) is 6.28. The Hall–Kier alpha value is -0.120. The van der Waals surface area contributed by atoms with Gasteiger partial charge in [-0.15, -0.1) is 0 Å². The average Bonchev–Trinajstić information content (AvgIpc) is 2.95. The lowest BCUT2D eigenvalue weighted by Crippen LogP contribution is -2.43. The molecule has 1 saturated heterocycles. The van der Waals surface area contributed by atoms with E-state index in [4.69, 9.17) is 10.5 Å². The van der Waals surface area contributed by atoms with Crippen molar-refractivity contribution in [1.82, 2.24) is 4.90 Å². The first kappa shape index (κ1) is 11.4. The molecule has 0 spiro atoms. The molecular formula is C12H24N2O. The van der Waals surface area contributed by atoms with Gasteiger partial charge in [0.05, 0.1) is 6.61 Å². The van der Waals surface area contributed by atoms with E-state index < -0.39 is 0 Å². The van der Waals surface area contributed by atoms with Gasteiger partial charge in [-0.1, -0.05) is 6.92 Å². The van der Waals surface area contributed by atoms with Gasteiger partial charge in [-0.05, 0) is 31.7 Å². The molecule has 1 unspecified atom stereocenters. The second kappa shape index (κ2) is 4.81. The van der Waals surface area contributed by atoms with Crippen molar-refractivity contribution >= 4 is 0 Å². The Balaban J connectivity index is 1.84. The summed E-state index contributed by atoms with van der Waals surface area (Å²) in [4.78, 5) is 2.57. The molecule has 2 fully saturated rings. The van der Waals surface area contributed by atoms with Gasteiger partial charge >= 0.3 is 0 Å². The summed E-state index contributed by atoms with van der Waals surface area (Å²) in [5, 5.41) is 0. The average molecular weight is 212 g/mol. The van der Waals surface area contributed by atoms with Crippen molar-refractivity contribution in [3.8, 4) is 0 Å². The zero-order valence-electron chi connectivity index (χ0n) is 9.87. The predicted octanol–water partition coefficient (Wildman–Crippen LogP) is 1.08. The van der Waals surface area contributed by atoms with E-state index in [0.29, 0.717) is 0 Å². The Bertz CT molecular complexity index is 198. The van der Waals surface area contributed by atoms with Crippen LogP contribution in [0.4, 0.5) is 0 Å². The first-order valence-electron chi connectivity index (χ1n) is 6.28. The highest BCUT2D eigenvalue weighted by atomic mass is 16.5. The fourth-order valence-electron chi connectivity index (χ4n) is 2.45. The molecule has 2 N–H and O–H groups in total. The van der Waals surface area contributed by atoms with Gasteiger partial charge in [-0.25, -0.2) is 0 Å². The Labute approximate surface area is 93.0 Å². The van der Waals surface area contributed by atoms with E-state index in [1.807, 2.05) is 0 Å². The number of rotatable bonds is 6. The highest BCUT2D eigenvalue weighted by molar-refractivity contribution is 4.88. The van der Waals surface area contributed by atoms with Crippen LogP contribution in [-0.2, 0) is 4.74 Å². The monoisotopic (exact) mass is 212 g/mol. The Morgan fingerprint density at radius 2 is 2.27 bits per heavy atom. The predicted molar refractivity (Wildman–Crippen MR) is 61.8 cm³/mol. The summed E-state index contributed by atoms with van der Waals surface area (Å²) < 4.78 is 5.51. The summed E-state index contributed by atoms with van der Waals surface area (Å²) in [6.45, 7) is 8.35. The summed E-state index contributed by atoms with van der Waals surface area (Å²) in [5.74, 6) is 0.974. The second-order valence-electron chi connectivity index (χ2n) is 5.28. The standard InChI is InChI=1S/C12H24N2O/c1-2-14(7-11-3-4-11)9-12(8-13)5-6-15-10-12/h11H,2-10,13H2,1H3. The molecule has 0 aromatic heterocycles. The van der Waals surface area contributed by atoms with E-state index in [2.05, 4.69) is 11.8 Å². The van der Waals surface area contributed by atoms with Crippen molar-refractivity contribution < 1.29 is 4.74 Å². The minimum Gasteiger partial charge on any atom is -0.381 e. The summed E-state index contributed by atoms with van der Waals surface area (Å²) in [6, 6.07) is 0. The Morgan fingerprint density at radius 3 is 2.73 bits per heavy atom. The molecular weight excluding hydrogens is 188 g/mol. The minimum atomic E-state index is 0.255. The van der Waals surface area contributed by atoms with Gasteiger partial charge in [0, 0.05) is 31.7 Å². The molecule has 3 nitrogen and oxygen atoms in total. The molecule has 2 aliphatic rings. The number of nitrogens with two attached hydrogens (primary N) is 1. The third kappa shape index (κ3) is 2.92. The van der Waals surface area contributed by atoms with Gasteiger partial charge in [0.1, 0.15) is 0 Å². The van der Waals surface area contributed by atoms with Gasteiger partial charge in [-0.3, -0.25) is 0 Å². The van der Waals surface area contributed by atoms with Crippen LogP contribution in [0.15, 0.2) is 0 Å². The van der Waals surface area contributed by atoms with Gasteiger partial charge in [-0.2, -0.15) is 0 Å². The molecule has 88 valence electrons. The van der Waals surface area contributed by atoms with Crippen LogP contribution in [0.3, 0.4) is 0 Å². The molecule has 0 bridgehead atoms. The van der Waals surface area contributed by atoms with Crippen LogP contribution in [-0.4, -0.2) is 44.3 Å². The van der Waals surface area contributed by atoms with E-state index in [9.17, 15) is 0 Å². The van der Waals surface area contributed by atoms with E-state index >= 15 is 0 Å². The van der Waals surface area contributed by atoms with Crippen molar-refractivity contribution in [2.75, 3.05) is 39.4 Å². The van der Waals surface area contributed by atoms with Crippen LogP contribution >= 0.6 is 0 Å². The molecule has 1 aliphatic heterocycles. The van der Waals surface area contributed by atoms with Crippen molar-refractivity contribution in [3.63, 3.8) is 0 Å². The summed E-state index contributed by atoms with van der Waals surface area (Å²) >= 11 is 0. The van der Waals surface area contributed by atoms with Crippen LogP contribution in [0.25, 0.3) is 0 Å². The van der Waals surface area contributed by atoms with Crippen molar-refractivity contribution in [2.24, 2.45) is 17.1 Å². The van der Waals surface area contributed by atoms with Crippen LogP contribution in [0.2, 0.25) is 0 Å². The molecule has 0 amide bonds. The van der Waals surface area contributed by atoms with Crippen molar-refractivity contribution in [1.29, 1.82) is 0 Å². The lowest BCUT2D eigenvalue weighted by Gasteiger charge is -2.32. The normalized spacial score (nSPS) is 31.4. The maximum Gasteiger partial charge on any atom is 0.0547 e. The number of hydrogen-bond donors (Lipinski definition) is 1. The number of ether oxygens (including phenoxy) is 1. The van der Waals surface area contributed by atoms with Crippen molar-refractivity contribution in [2.45, 2.75) is 26.2 Å². The largest absolute Gasteiger partial charge is 0.381 e. The molecule has 0 aromatic rings. The molecule has 1 aliphatic carbocycles.